The average Bonchev–Trinajstić information content (AvgIpc) is 2.21. The van der Waals surface area contributed by atoms with Crippen LogP contribution in [0.25, 0.3) is 0 Å². The second-order valence-electron chi connectivity index (χ2n) is 4.28. The van der Waals surface area contributed by atoms with Gasteiger partial charge in [-0.05, 0) is 32.4 Å². The molecule has 94 valence electrons. The van der Waals surface area contributed by atoms with Crippen molar-refractivity contribution in [2.75, 3.05) is 6.54 Å². The zero-order valence-electron chi connectivity index (χ0n) is 10.4. The van der Waals surface area contributed by atoms with Crippen LogP contribution >= 0.6 is 0 Å². The van der Waals surface area contributed by atoms with E-state index < -0.39 is 11.9 Å². The zero-order valence-corrected chi connectivity index (χ0v) is 10.4. The van der Waals surface area contributed by atoms with Crippen molar-refractivity contribution in [3.8, 4) is 5.75 Å². The number of carboxylic acids is 1. The fourth-order valence-electron chi connectivity index (χ4n) is 1.80. The first-order valence-corrected chi connectivity index (χ1v) is 5.66. The average molecular weight is 237 g/mol. The summed E-state index contributed by atoms with van der Waals surface area (Å²) in [6, 6.07) is 5.51. The Morgan fingerprint density at radius 3 is 2.59 bits per heavy atom. The van der Waals surface area contributed by atoms with Gasteiger partial charge in [0.1, 0.15) is 5.75 Å². The van der Waals surface area contributed by atoms with Gasteiger partial charge in [-0.3, -0.25) is 4.79 Å². The molecule has 1 rings (SSSR count). The minimum atomic E-state index is -0.921. The first kappa shape index (κ1) is 13.5. The maximum absolute atomic E-state index is 11.2. The summed E-state index contributed by atoms with van der Waals surface area (Å²) in [5.74, 6) is -1.03. The number of aryl methyl sites for hydroxylation is 1. The van der Waals surface area contributed by atoms with Crippen LogP contribution in [-0.4, -0.2) is 23.7 Å². The highest BCUT2D eigenvalue weighted by Crippen LogP contribution is 2.30. The number of rotatable bonds is 5. The third-order valence-corrected chi connectivity index (χ3v) is 2.53. The predicted molar refractivity (Wildman–Crippen MR) is 66.4 cm³/mol. The molecule has 1 atom stereocenters. The van der Waals surface area contributed by atoms with Crippen molar-refractivity contribution in [2.24, 2.45) is 5.73 Å². The second-order valence-corrected chi connectivity index (χ2v) is 4.28. The second kappa shape index (κ2) is 5.68. The molecule has 3 N–H and O–H groups in total. The van der Waals surface area contributed by atoms with E-state index in [-0.39, 0.29) is 12.6 Å². The number of carbonyl (C=O) groups is 1. The Hall–Kier alpha value is -1.55. The quantitative estimate of drug-likeness (QED) is 0.820. The first-order chi connectivity index (χ1) is 7.97. The summed E-state index contributed by atoms with van der Waals surface area (Å²) in [7, 11) is 0. The Morgan fingerprint density at radius 1 is 1.47 bits per heavy atom. The van der Waals surface area contributed by atoms with Crippen LogP contribution < -0.4 is 10.5 Å². The monoisotopic (exact) mass is 237 g/mol. The molecule has 1 aromatic carbocycles. The fraction of sp³-hybridized carbons (Fsp3) is 0.462. The van der Waals surface area contributed by atoms with E-state index in [2.05, 4.69) is 0 Å². The van der Waals surface area contributed by atoms with E-state index in [4.69, 9.17) is 10.5 Å². The molecule has 0 fully saturated rings. The molecule has 4 nitrogen and oxygen atoms in total. The number of hydrogen-bond donors (Lipinski definition) is 2. The van der Waals surface area contributed by atoms with E-state index >= 15 is 0 Å². The third kappa shape index (κ3) is 3.20. The molecule has 0 bridgehead atoms. The van der Waals surface area contributed by atoms with Crippen LogP contribution in [0.3, 0.4) is 0 Å². The molecule has 1 aromatic rings. The van der Waals surface area contributed by atoms with Crippen LogP contribution in [0.4, 0.5) is 0 Å². The van der Waals surface area contributed by atoms with Crippen LogP contribution in [0.2, 0.25) is 0 Å². The number of ether oxygens (including phenoxy) is 1. The molecule has 17 heavy (non-hydrogen) atoms. The summed E-state index contributed by atoms with van der Waals surface area (Å²) >= 11 is 0. The van der Waals surface area contributed by atoms with Gasteiger partial charge >= 0.3 is 5.97 Å². The maximum Gasteiger partial charge on any atom is 0.312 e. The van der Waals surface area contributed by atoms with Gasteiger partial charge in [0.05, 0.1) is 12.0 Å². The Bertz CT molecular complexity index is 402. The predicted octanol–water partition coefficient (Wildman–Crippen LogP) is 1.91. The maximum atomic E-state index is 11.2. The SMILES string of the molecule is Cc1cccc(OC(C)C)c1C(CN)C(=O)O. The lowest BCUT2D eigenvalue weighted by Gasteiger charge is -2.20. The van der Waals surface area contributed by atoms with Crippen molar-refractivity contribution in [1.29, 1.82) is 0 Å². The van der Waals surface area contributed by atoms with E-state index in [9.17, 15) is 9.90 Å². The van der Waals surface area contributed by atoms with E-state index in [0.29, 0.717) is 11.3 Å². The Balaban J connectivity index is 3.23. The molecule has 0 aliphatic carbocycles. The van der Waals surface area contributed by atoms with Crippen LogP contribution in [0.5, 0.6) is 5.75 Å². The number of hydrogen-bond acceptors (Lipinski definition) is 3. The minimum Gasteiger partial charge on any atom is -0.491 e. The first-order valence-electron chi connectivity index (χ1n) is 5.66. The smallest absolute Gasteiger partial charge is 0.312 e. The summed E-state index contributed by atoms with van der Waals surface area (Å²) in [5.41, 5.74) is 7.10. The van der Waals surface area contributed by atoms with Gasteiger partial charge in [-0.25, -0.2) is 0 Å². The van der Waals surface area contributed by atoms with Gasteiger partial charge in [0.15, 0.2) is 0 Å². The van der Waals surface area contributed by atoms with Gasteiger partial charge in [-0.1, -0.05) is 12.1 Å². The fourth-order valence-corrected chi connectivity index (χ4v) is 1.80. The van der Waals surface area contributed by atoms with Gasteiger partial charge in [0.2, 0.25) is 0 Å². The van der Waals surface area contributed by atoms with Gasteiger partial charge in [-0.15, -0.1) is 0 Å². The van der Waals surface area contributed by atoms with Gasteiger partial charge in [-0.2, -0.15) is 0 Å². The lowest BCUT2D eigenvalue weighted by molar-refractivity contribution is -0.138. The van der Waals surface area contributed by atoms with Crippen molar-refractivity contribution in [1.82, 2.24) is 0 Å². The normalized spacial score (nSPS) is 12.5. The molecule has 0 heterocycles. The Labute approximate surface area is 101 Å². The number of nitrogens with two attached hydrogens (primary N) is 1. The van der Waals surface area contributed by atoms with Gasteiger partial charge in [0, 0.05) is 12.1 Å². The molecular formula is C13H19NO3. The van der Waals surface area contributed by atoms with Crippen molar-refractivity contribution in [2.45, 2.75) is 32.8 Å². The molecule has 0 radical (unpaired) electrons. The Morgan fingerprint density at radius 2 is 2.12 bits per heavy atom. The van der Waals surface area contributed by atoms with Crippen molar-refractivity contribution in [3.05, 3.63) is 29.3 Å². The molecule has 0 saturated carbocycles. The summed E-state index contributed by atoms with van der Waals surface area (Å²) < 4.78 is 5.64. The van der Waals surface area contributed by atoms with E-state index in [1.54, 1.807) is 6.07 Å². The number of aliphatic carboxylic acids is 1. The lowest BCUT2D eigenvalue weighted by atomic mass is 9.94. The summed E-state index contributed by atoms with van der Waals surface area (Å²) in [6.45, 7) is 5.75. The molecular weight excluding hydrogens is 218 g/mol. The highest BCUT2D eigenvalue weighted by molar-refractivity contribution is 5.78. The molecule has 0 amide bonds. The van der Waals surface area contributed by atoms with E-state index in [1.807, 2.05) is 32.9 Å². The summed E-state index contributed by atoms with van der Waals surface area (Å²) in [6.07, 6.45) is 0.00256. The van der Waals surface area contributed by atoms with E-state index in [1.165, 1.54) is 0 Å². The van der Waals surface area contributed by atoms with Crippen LogP contribution in [-0.2, 0) is 4.79 Å². The largest absolute Gasteiger partial charge is 0.491 e. The van der Waals surface area contributed by atoms with E-state index in [0.717, 1.165) is 5.56 Å². The number of benzene rings is 1. The van der Waals surface area contributed by atoms with Crippen LogP contribution in [0.1, 0.15) is 30.9 Å². The lowest BCUT2D eigenvalue weighted by Crippen LogP contribution is -2.23. The highest BCUT2D eigenvalue weighted by Gasteiger charge is 2.24. The molecule has 0 aromatic heterocycles. The van der Waals surface area contributed by atoms with Gasteiger partial charge in [0.25, 0.3) is 0 Å². The minimum absolute atomic E-state index is 0.00256. The molecule has 4 heteroatoms. The molecule has 0 aliphatic heterocycles. The number of carboxylic acid groups (broad SMARTS) is 1. The molecule has 0 aliphatic rings. The zero-order chi connectivity index (χ0) is 13.0. The van der Waals surface area contributed by atoms with Gasteiger partial charge < -0.3 is 15.6 Å². The molecule has 0 saturated heterocycles. The topological polar surface area (TPSA) is 72.5 Å². The van der Waals surface area contributed by atoms with Crippen molar-refractivity contribution >= 4 is 5.97 Å². The molecule has 0 spiro atoms. The Kier molecular flexibility index (Phi) is 4.52. The summed E-state index contributed by atoms with van der Waals surface area (Å²) in [4.78, 5) is 11.2. The molecule has 1 unspecified atom stereocenters. The van der Waals surface area contributed by atoms with Crippen LogP contribution in [0.15, 0.2) is 18.2 Å². The van der Waals surface area contributed by atoms with Crippen molar-refractivity contribution in [3.63, 3.8) is 0 Å². The standard InChI is InChI=1S/C13H19NO3/c1-8(2)17-11-6-4-5-9(3)12(11)10(7-14)13(15)16/h4-6,8,10H,7,14H2,1-3H3,(H,15,16). The van der Waals surface area contributed by atoms with Crippen molar-refractivity contribution < 1.29 is 14.6 Å². The van der Waals surface area contributed by atoms with Crippen LogP contribution in [0, 0.1) is 6.92 Å². The summed E-state index contributed by atoms with van der Waals surface area (Å²) in [5, 5.41) is 9.17. The third-order valence-electron chi connectivity index (χ3n) is 2.53. The highest BCUT2D eigenvalue weighted by atomic mass is 16.5.